The van der Waals surface area contributed by atoms with Crippen molar-refractivity contribution in [2.45, 2.75) is 26.2 Å². The second-order valence-corrected chi connectivity index (χ2v) is 7.31. The second-order valence-electron chi connectivity index (χ2n) is 6.20. The molecule has 5 nitrogen and oxygen atoms in total. The Morgan fingerprint density at radius 3 is 2.72 bits per heavy atom. The van der Waals surface area contributed by atoms with Gasteiger partial charge < -0.3 is 14.8 Å². The summed E-state index contributed by atoms with van der Waals surface area (Å²) >= 11 is 1.47. The maximum atomic E-state index is 12.7. The van der Waals surface area contributed by atoms with Gasteiger partial charge in [-0.15, -0.1) is 11.3 Å². The predicted octanol–water partition coefficient (Wildman–Crippen LogP) is 3.92. The van der Waals surface area contributed by atoms with Gasteiger partial charge in [-0.3, -0.25) is 4.79 Å². The number of para-hydroxylation sites is 1. The summed E-state index contributed by atoms with van der Waals surface area (Å²) < 4.78 is 10.2. The summed E-state index contributed by atoms with van der Waals surface area (Å²) in [5.74, 6) is 0.376. The Kier molecular flexibility index (Phi) is 5.08. The van der Waals surface area contributed by atoms with E-state index in [0.29, 0.717) is 27.8 Å². The molecule has 2 aromatic rings. The summed E-state index contributed by atoms with van der Waals surface area (Å²) in [5, 5.41) is 3.44. The largest absolute Gasteiger partial charge is 0.496 e. The molecule has 1 aromatic heterocycles. The van der Waals surface area contributed by atoms with E-state index in [0.717, 1.165) is 29.7 Å². The van der Waals surface area contributed by atoms with Gasteiger partial charge in [-0.2, -0.15) is 0 Å². The van der Waals surface area contributed by atoms with Crippen LogP contribution in [0, 0.1) is 5.92 Å². The monoisotopic (exact) mass is 359 g/mol. The van der Waals surface area contributed by atoms with Gasteiger partial charge in [0.05, 0.1) is 25.3 Å². The molecule has 0 radical (unpaired) electrons. The van der Waals surface area contributed by atoms with E-state index in [-0.39, 0.29) is 5.91 Å². The lowest BCUT2D eigenvalue weighted by molar-refractivity contribution is 0.0601. The lowest BCUT2D eigenvalue weighted by atomic mass is 9.88. The third kappa shape index (κ3) is 3.39. The van der Waals surface area contributed by atoms with Crippen molar-refractivity contribution in [3.63, 3.8) is 0 Å². The minimum Gasteiger partial charge on any atom is -0.496 e. The van der Waals surface area contributed by atoms with Gasteiger partial charge in [0.1, 0.15) is 10.8 Å². The van der Waals surface area contributed by atoms with Crippen LogP contribution in [0.1, 0.15) is 44.5 Å². The zero-order valence-corrected chi connectivity index (χ0v) is 15.4. The van der Waals surface area contributed by atoms with E-state index in [1.807, 2.05) is 0 Å². The lowest BCUT2D eigenvalue weighted by Gasteiger charge is -2.18. The smallest absolute Gasteiger partial charge is 0.341 e. The number of hydrogen-bond acceptors (Lipinski definition) is 5. The van der Waals surface area contributed by atoms with Crippen molar-refractivity contribution < 1.29 is 19.1 Å². The number of ether oxygens (including phenoxy) is 2. The fourth-order valence-corrected chi connectivity index (χ4v) is 4.55. The van der Waals surface area contributed by atoms with Gasteiger partial charge in [0.2, 0.25) is 0 Å². The van der Waals surface area contributed by atoms with Gasteiger partial charge in [0.15, 0.2) is 0 Å². The molecule has 1 amide bonds. The number of methoxy groups -OCH3 is 2. The minimum absolute atomic E-state index is 0.297. The molecule has 0 saturated carbocycles. The quantitative estimate of drug-likeness (QED) is 0.841. The number of nitrogens with one attached hydrogen (secondary N) is 1. The topological polar surface area (TPSA) is 64.6 Å². The number of fused-ring (bicyclic) bond motifs is 1. The first kappa shape index (κ1) is 17.5. The van der Waals surface area contributed by atoms with E-state index < -0.39 is 5.97 Å². The number of carbonyl (C=O) groups is 2. The molecule has 1 aromatic carbocycles. The molecule has 25 heavy (non-hydrogen) atoms. The van der Waals surface area contributed by atoms with Crippen LogP contribution < -0.4 is 10.1 Å². The van der Waals surface area contributed by atoms with E-state index in [4.69, 9.17) is 9.47 Å². The van der Waals surface area contributed by atoms with Gasteiger partial charge in [0, 0.05) is 4.88 Å². The van der Waals surface area contributed by atoms with E-state index in [1.165, 1.54) is 25.6 Å². The lowest BCUT2D eigenvalue weighted by Crippen LogP contribution is -2.16. The fraction of sp³-hybridized carbons (Fsp3) is 0.368. The number of amides is 1. The van der Waals surface area contributed by atoms with Crippen molar-refractivity contribution >= 4 is 28.2 Å². The minimum atomic E-state index is -0.401. The standard InChI is InChI=1S/C19H21NO4S/c1-11-8-9-13-15(10-11)25-18(16(13)19(22)24-3)20-17(21)12-6-4-5-7-14(12)23-2/h4-7,11H,8-10H2,1-3H3,(H,20,21)/t11-/m0/s1. The molecule has 6 heteroatoms. The Morgan fingerprint density at radius 1 is 1.24 bits per heavy atom. The van der Waals surface area contributed by atoms with Crippen molar-refractivity contribution in [1.29, 1.82) is 0 Å². The molecule has 0 fully saturated rings. The first-order valence-electron chi connectivity index (χ1n) is 8.22. The van der Waals surface area contributed by atoms with Crippen LogP contribution in [0.4, 0.5) is 5.00 Å². The normalized spacial score (nSPS) is 16.0. The molecule has 0 aliphatic heterocycles. The number of esters is 1. The highest BCUT2D eigenvalue weighted by molar-refractivity contribution is 7.17. The number of hydrogen-bond donors (Lipinski definition) is 1. The van der Waals surface area contributed by atoms with E-state index in [2.05, 4.69) is 12.2 Å². The van der Waals surface area contributed by atoms with Crippen LogP contribution in [0.2, 0.25) is 0 Å². The van der Waals surface area contributed by atoms with Gasteiger partial charge in [-0.05, 0) is 42.9 Å². The van der Waals surface area contributed by atoms with E-state index in [9.17, 15) is 9.59 Å². The summed E-state index contributed by atoms with van der Waals surface area (Å²) in [6.07, 6.45) is 2.80. The average Bonchev–Trinajstić information content (AvgIpc) is 2.97. The van der Waals surface area contributed by atoms with Crippen LogP contribution in [0.25, 0.3) is 0 Å². The van der Waals surface area contributed by atoms with Crippen LogP contribution in [-0.4, -0.2) is 26.1 Å². The fourth-order valence-electron chi connectivity index (χ4n) is 3.16. The molecule has 1 aliphatic carbocycles. The van der Waals surface area contributed by atoms with Crippen LogP contribution >= 0.6 is 11.3 Å². The number of benzene rings is 1. The van der Waals surface area contributed by atoms with Gasteiger partial charge in [-0.1, -0.05) is 19.1 Å². The molecule has 1 aliphatic rings. The van der Waals surface area contributed by atoms with Gasteiger partial charge in [-0.25, -0.2) is 4.79 Å². The Labute approximate surface area is 151 Å². The molecule has 0 saturated heterocycles. The first-order valence-corrected chi connectivity index (χ1v) is 9.04. The van der Waals surface area contributed by atoms with E-state index >= 15 is 0 Å². The predicted molar refractivity (Wildman–Crippen MR) is 97.8 cm³/mol. The zero-order chi connectivity index (χ0) is 18.0. The Balaban J connectivity index is 1.97. The van der Waals surface area contributed by atoms with Gasteiger partial charge >= 0.3 is 5.97 Å². The Morgan fingerprint density at radius 2 is 2.00 bits per heavy atom. The number of rotatable bonds is 4. The third-order valence-electron chi connectivity index (χ3n) is 4.48. The van der Waals surface area contributed by atoms with Crippen molar-refractivity contribution in [3.05, 3.63) is 45.8 Å². The second kappa shape index (κ2) is 7.27. The number of thiophene rings is 1. The summed E-state index contributed by atoms with van der Waals surface area (Å²) in [5.41, 5.74) is 1.95. The maximum Gasteiger partial charge on any atom is 0.341 e. The van der Waals surface area contributed by atoms with Crippen LogP contribution in [-0.2, 0) is 17.6 Å². The first-order chi connectivity index (χ1) is 12.0. The third-order valence-corrected chi connectivity index (χ3v) is 5.65. The highest BCUT2D eigenvalue weighted by Crippen LogP contribution is 2.40. The Hall–Kier alpha value is -2.34. The summed E-state index contributed by atoms with van der Waals surface area (Å²) in [7, 11) is 2.89. The maximum absolute atomic E-state index is 12.7. The number of anilines is 1. The SMILES string of the molecule is COC(=O)c1c(NC(=O)c2ccccc2OC)sc2c1CC[C@H](C)C2. The van der Waals surface area contributed by atoms with Crippen molar-refractivity contribution in [2.75, 3.05) is 19.5 Å². The Bertz CT molecular complexity index is 812. The molecule has 1 N–H and O–H groups in total. The van der Waals surface area contributed by atoms with Crippen molar-refractivity contribution in [2.24, 2.45) is 5.92 Å². The molecule has 0 spiro atoms. The van der Waals surface area contributed by atoms with Crippen LogP contribution in [0.15, 0.2) is 24.3 Å². The highest BCUT2D eigenvalue weighted by atomic mass is 32.1. The molecular formula is C19H21NO4S. The molecule has 1 heterocycles. The number of carbonyl (C=O) groups excluding carboxylic acids is 2. The molecular weight excluding hydrogens is 338 g/mol. The van der Waals surface area contributed by atoms with Crippen molar-refractivity contribution in [1.82, 2.24) is 0 Å². The van der Waals surface area contributed by atoms with Crippen molar-refractivity contribution in [3.8, 4) is 5.75 Å². The summed E-state index contributed by atoms with van der Waals surface area (Å²) in [4.78, 5) is 26.2. The molecule has 0 bridgehead atoms. The summed E-state index contributed by atoms with van der Waals surface area (Å²) in [6, 6.07) is 7.01. The zero-order valence-electron chi connectivity index (χ0n) is 14.5. The molecule has 132 valence electrons. The molecule has 1 atom stereocenters. The van der Waals surface area contributed by atoms with Crippen LogP contribution in [0.5, 0.6) is 5.75 Å². The van der Waals surface area contributed by atoms with Crippen LogP contribution in [0.3, 0.4) is 0 Å². The van der Waals surface area contributed by atoms with E-state index in [1.54, 1.807) is 24.3 Å². The average molecular weight is 359 g/mol. The highest BCUT2D eigenvalue weighted by Gasteiger charge is 2.29. The van der Waals surface area contributed by atoms with Gasteiger partial charge in [0.25, 0.3) is 5.91 Å². The molecule has 3 rings (SSSR count). The molecule has 0 unspecified atom stereocenters. The summed E-state index contributed by atoms with van der Waals surface area (Å²) in [6.45, 7) is 2.20.